The smallest absolute Gasteiger partial charge is 0.146 e. The standard InChI is InChI=1S/C14H12BrF2NO/c15-11-9-10(5-6-12(11)16)19-8-7-18-14-4-2-1-3-13(14)17/h1-6,9,18H,7-8H2. The van der Waals surface area contributed by atoms with E-state index in [1.54, 1.807) is 30.3 Å². The first-order valence-electron chi connectivity index (χ1n) is 5.73. The van der Waals surface area contributed by atoms with Gasteiger partial charge in [-0.25, -0.2) is 8.78 Å². The van der Waals surface area contributed by atoms with Crippen molar-refractivity contribution in [3.63, 3.8) is 0 Å². The van der Waals surface area contributed by atoms with Crippen LogP contribution in [0.5, 0.6) is 5.75 Å². The van der Waals surface area contributed by atoms with Crippen molar-refractivity contribution in [1.82, 2.24) is 0 Å². The van der Waals surface area contributed by atoms with Crippen LogP contribution >= 0.6 is 15.9 Å². The van der Waals surface area contributed by atoms with E-state index in [0.29, 0.717) is 29.1 Å². The molecule has 5 heteroatoms. The van der Waals surface area contributed by atoms with Gasteiger partial charge in [0.05, 0.1) is 10.2 Å². The van der Waals surface area contributed by atoms with Gasteiger partial charge >= 0.3 is 0 Å². The number of para-hydroxylation sites is 1. The number of benzene rings is 2. The van der Waals surface area contributed by atoms with E-state index in [4.69, 9.17) is 4.74 Å². The molecule has 0 fully saturated rings. The number of hydrogen-bond donors (Lipinski definition) is 1. The van der Waals surface area contributed by atoms with Crippen LogP contribution in [0.2, 0.25) is 0 Å². The summed E-state index contributed by atoms with van der Waals surface area (Å²) in [4.78, 5) is 0. The molecule has 19 heavy (non-hydrogen) atoms. The zero-order chi connectivity index (χ0) is 13.7. The Morgan fingerprint density at radius 3 is 2.58 bits per heavy atom. The summed E-state index contributed by atoms with van der Waals surface area (Å²) in [6.45, 7) is 0.808. The summed E-state index contributed by atoms with van der Waals surface area (Å²) in [7, 11) is 0. The molecule has 0 unspecified atom stereocenters. The third-order valence-corrected chi connectivity index (χ3v) is 3.06. The van der Waals surface area contributed by atoms with E-state index in [-0.39, 0.29) is 11.6 Å². The molecule has 2 rings (SSSR count). The van der Waals surface area contributed by atoms with Crippen LogP contribution in [0, 0.1) is 11.6 Å². The highest BCUT2D eigenvalue weighted by Crippen LogP contribution is 2.21. The lowest BCUT2D eigenvalue weighted by atomic mass is 10.3. The Morgan fingerprint density at radius 1 is 1.05 bits per heavy atom. The fraction of sp³-hybridized carbons (Fsp3) is 0.143. The monoisotopic (exact) mass is 327 g/mol. The van der Waals surface area contributed by atoms with Gasteiger partial charge in [0.2, 0.25) is 0 Å². The Labute approximate surface area is 118 Å². The first kappa shape index (κ1) is 13.8. The Balaban J connectivity index is 1.81. The Bertz CT molecular complexity index is 563. The number of nitrogens with one attached hydrogen (secondary N) is 1. The predicted molar refractivity (Wildman–Crippen MR) is 74.5 cm³/mol. The van der Waals surface area contributed by atoms with Crippen LogP contribution in [0.25, 0.3) is 0 Å². The van der Waals surface area contributed by atoms with Gasteiger partial charge in [-0.15, -0.1) is 0 Å². The molecular weight excluding hydrogens is 316 g/mol. The van der Waals surface area contributed by atoms with Crippen molar-refractivity contribution in [2.75, 3.05) is 18.5 Å². The van der Waals surface area contributed by atoms with E-state index in [2.05, 4.69) is 21.2 Å². The molecule has 2 aromatic carbocycles. The van der Waals surface area contributed by atoms with Crippen LogP contribution in [-0.4, -0.2) is 13.2 Å². The highest BCUT2D eigenvalue weighted by atomic mass is 79.9. The first-order valence-corrected chi connectivity index (χ1v) is 6.52. The molecule has 1 N–H and O–H groups in total. The summed E-state index contributed by atoms with van der Waals surface area (Å²) in [6.07, 6.45) is 0. The molecule has 0 saturated heterocycles. The SMILES string of the molecule is Fc1ccc(OCCNc2ccccc2F)cc1Br. The maximum atomic E-state index is 13.3. The van der Waals surface area contributed by atoms with Crippen molar-refractivity contribution in [2.45, 2.75) is 0 Å². The lowest BCUT2D eigenvalue weighted by molar-refractivity contribution is 0.332. The molecule has 0 radical (unpaired) electrons. The van der Waals surface area contributed by atoms with Gasteiger partial charge in [-0.2, -0.15) is 0 Å². The Hall–Kier alpha value is -1.62. The molecule has 2 nitrogen and oxygen atoms in total. The van der Waals surface area contributed by atoms with Crippen LogP contribution < -0.4 is 10.1 Å². The molecule has 0 aliphatic rings. The lowest BCUT2D eigenvalue weighted by Gasteiger charge is -2.09. The van der Waals surface area contributed by atoms with Crippen molar-refractivity contribution in [3.05, 3.63) is 58.6 Å². The van der Waals surface area contributed by atoms with Gasteiger partial charge < -0.3 is 10.1 Å². The number of hydrogen-bond acceptors (Lipinski definition) is 2. The van der Waals surface area contributed by atoms with E-state index >= 15 is 0 Å². The highest BCUT2D eigenvalue weighted by Gasteiger charge is 2.02. The minimum Gasteiger partial charge on any atom is -0.492 e. The average molecular weight is 328 g/mol. The van der Waals surface area contributed by atoms with Gasteiger partial charge in [-0.1, -0.05) is 12.1 Å². The summed E-state index contributed by atoms with van der Waals surface area (Å²) in [5.41, 5.74) is 0.436. The average Bonchev–Trinajstić information content (AvgIpc) is 2.40. The molecular formula is C14H12BrF2NO. The predicted octanol–water partition coefficient (Wildman–Crippen LogP) is 4.22. The quantitative estimate of drug-likeness (QED) is 0.830. The van der Waals surface area contributed by atoms with Crippen molar-refractivity contribution >= 4 is 21.6 Å². The van der Waals surface area contributed by atoms with Crippen molar-refractivity contribution in [1.29, 1.82) is 0 Å². The minimum atomic E-state index is -0.336. The largest absolute Gasteiger partial charge is 0.492 e. The van der Waals surface area contributed by atoms with Gasteiger partial charge in [0.25, 0.3) is 0 Å². The van der Waals surface area contributed by atoms with Gasteiger partial charge in [0.1, 0.15) is 24.0 Å². The summed E-state index contributed by atoms with van der Waals surface area (Å²) < 4.78 is 32.1. The summed E-state index contributed by atoms with van der Waals surface area (Å²) in [6, 6.07) is 10.9. The van der Waals surface area contributed by atoms with E-state index in [1.807, 2.05) is 0 Å². The topological polar surface area (TPSA) is 21.3 Å². The summed E-state index contributed by atoms with van der Waals surface area (Å²) >= 11 is 3.08. The maximum absolute atomic E-state index is 13.3. The van der Waals surface area contributed by atoms with E-state index in [1.165, 1.54) is 12.1 Å². The molecule has 100 valence electrons. The third-order valence-electron chi connectivity index (χ3n) is 2.45. The molecule has 2 aromatic rings. The lowest BCUT2D eigenvalue weighted by Crippen LogP contribution is -2.12. The Morgan fingerprint density at radius 2 is 1.84 bits per heavy atom. The first-order chi connectivity index (χ1) is 9.16. The number of rotatable bonds is 5. The molecule has 0 atom stereocenters. The molecule has 0 amide bonds. The second-order valence-corrected chi connectivity index (χ2v) is 4.69. The van der Waals surface area contributed by atoms with Crippen LogP contribution in [0.15, 0.2) is 46.9 Å². The summed E-state index contributed by atoms with van der Waals surface area (Å²) in [5.74, 6) is -0.0764. The normalized spacial score (nSPS) is 10.3. The van der Waals surface area contributed by atoms with E-state index in [0.717, 1.165) is 0 Å². The molecule has 0 bridgehead atoms. The second kappa shape index (κ2) is 6.52. The zero-order valence-corrected chi connectivity index (χ0v) is 11.6. The van der Waals surface area contributed by atoms with Crippen LogP contribution in [0.3, 0.4) is 0 Å². The van der Waals surface area contributed by atoms with Crippen LogP contribution in [-0.2, 0) is 0 Å². The molecule has 0 heterocycles. The van der Waals surface area contributed by atoms with Gasteiger partial charge in [-0.3, -0.25) is 0 Å². The Kier molecular flexibility index (Phi) is 4.74. The molecule has 0 aromatic heterocycles. The molecule has 0 aliphatic heterocycles. The van der Waals surface area contributed by atoms with Crippen molar-refractivity contribution in [3.8, 4) is 5.75 Å². The second-order valence-electron chi connectivity index (χ2n) is 3.83. The number of halogens is 3. The van der Waals surface area contributed by atoms with Crippen LogP contribution in [0.1, 0.15) is 0 Å². The third kappa shape index (κ3) is 3.92. The summed E-state index contributed by atoms with van der Waals surface area (Å²) in [5, 5.41) is 2.92. The molecule has 0 aliphatic carbocycles. The zero-order valence-electron chi connectivity index (χ0n) is 10.00. The van der Waals surface area contributed by atoms with Crippen LogP contribution in [0.4, 0.5) is 14.5 Å². The van der Waals surface area contributed by atoms with Gasteiger partial charge in [0.15, 0.2) is 0 Å². The number of ether oxygens (including phenoxy) is 1. The fourth-order valence-corrected chi connectivity index (χ4v) is 1.88. The minimum absolute atomic E-state index is 0.299. The maximum Gasteiger partial charge on any atom is 0.146 e. The van der Waals surface area contributed by atoms with Gasteiger partial charge in [-0.05, 0) is 46.3 Å². The highest BCUT2D eigenvalue weighted by molar-refractivity contribution is 9.10. The van der Waals surface area contributed by atoms with E-state index < -0.39 is 0 Å². The van der Waals surface area contributed by atoms with Gasteiger partial charge in [0, 0.05) is 6.54 Å². The fourth-order valence-electron chi connectivity index (χ4n) is 1.53. The molecule has 0 spiro atoms. The molecule has 0 saturated carbocycles. The van der Waals surface area contributed by atoms with Crippen molar-refractivity contribution < 1.29 is 13.5 Å². The van der Waals surface area contributed by atoms with Crippen molar-refractivity contribution in [2.24, 2.45) is 0 Å². The van der Waals surface area contributed by atoms with E-state index in [9.17, 15) is 8.78 Å². The number of anilines is 1.